The SMILES string of the molecule is COc1ccc(Cl)cc1S(=O)(=O)NCc1nnc(-c2cccnc2)o1. The summed E-state index contributed by atoms with van der Waals surface area (Å²) in [6.45, 7) is -0.175. The molecule has 0 saturated heterocycles. The quantitative estimate of drug-likeness (QED) is 0.698. The van der Waals surface area contributed by atoms with Crippen LogP contribution in [0.25, 0.3) is 11.5 Å². The summed E-state index contributed by atoms with van der Waals surface area (Å²) in [5.41, 5.74) is 0.639. The fraction of sp³-hybridized carbons (Fsp3) is 0.133. The molecule has 0 aliphatic carbocycles. The van der Waals surface area contributed by atoms with E-state index in [1.54, 1.807) is 24.5 Å². The molecule has 2 heterocycles. The topological polar surface area (TPSA) is 107 Å². The van der Waals surface area contributed by atoms with Crippen LogP contribution in [0.5, 0.6) is 5.75 Å². The lowest BCUT2D eigenvalue weighted by molar-refractivity contribution is 0.402. The van der Waals surface area contributed by atoms with Crippen LogP contribution in [-0.4, -0.2) is 30.7 Å². The molecule has 0 saturated carbocycles. The zero-order valence-electron chi connectivity index (χ0n) is 13.0. The Labute approximate surface area is 148 Å². The first-order chi connectivity index (χ1) is 12.0. The van der Waals surface area contributed by atoms with Gasteiger partial charge >= 0.3 is 0 Å². The number of nitrogens with one attached hydrogen (secondary N) is 1. The number of rotatable bonds is 6. The predicted molar refractivity (Wildman–Crippen MR) is 89.6 cm³/mol. The number of hydrogen-bond acceptors (Lipinski definition) is 7. The first-order valence-corrected chi connectivity index (χ1v) is 8.92. The highest BCUT2D eigenvalue weighted by molar-refractivity contribution is 7.89. The fourth-order valence-corrected chi connectivity index (χ4v) is 3.43. The molecular formula is C15H13ClN4O4S. The molecule has 3 rings (SSSR count). The van der Waals surface area contributed by atoms with E-state index >= 15 is 0 Å². The van der Waals surface area contributed by atoms with Gasteiger partial charge in [0.15, 0.2) is 0 Å². The summed E-state index contributed by atoms with van der Waals surface area (Å²) in [5, 5.41) is 7.97. The lowest BCUT2D eigenvalue weighted by Crippen LogP contribution is -2.24. The second-order valence-corrected chi connectivity index (χ2v) is 7.03. The first kappa shape index (κ1) is 17.3. The number of ether oxygens (including phenoxy) is 1. The highest BCUT2D eigenvalue weighted by Gasteiger charge is 2.21. The third kappa shape index (κ3) is 3.95. The molecular weight excluding hydrogens is 368 g/mol. The molecule has 0 spiro atoms. The van der Waals surface area contributed by atoms with Crippen molar-refractivity contribution in [2.45, 2.75) is 11.4 Å². The minimum Gasteiger partial charge on any atom is -0.495 e. The maximum absolute atomic E-state index is 12.5. The largest absolute Gasteiger partial charge is 0.495 e. The van der Waals surface area contributed by atoms with Crippen molar-refractivity contribution < 1.29 is 17.6 Å². The smallest absolute Gasteiger partial charge is 0.249 e. The minimum absolute atomic E-state index is 0.0745. The van der Waals surface area contributed by atoms with Gasteiger partial charge in [-0.15, -0.1) is 10.2 Å². The predicted octanol–water partition coefficient (Wildman–Crippen LogP) is 2.27. The van der Waals surface area contributed by atoms with Gasteiger partial charge in [-0.25, -0.2) is 13.1 Å². The minimum atomic E-state index is -3.88. The van der Waals surface area contributed by atoms with Crippen molar-refractivity contribution in [2.75, 3.05) is 7.11 Å². The molecule has 0 atom stereocenters. The van der Waals surface area contributed by atoms with Gasteiger partial charge in [0.05, 0.1) is 19.2 Å². The van der Waals surface area contributed by atoms with Crippen LogP contribution in [0, 0.1) is 0 Å². The van der Waals surface area contributed by atoms with E-state index in [9.17, 15) is 8.42 Å². The van der Waals surface area contributed by atoms with Gasteiger partial charge in [0.2, 0.25) is 21.8 Å². The van der Waals surface area contributed by atoms with Gasteiger partial charge in [-0.2, -0.15) is 0 Å². The van der Waals surface area contributed by atoms with E-state index in [1.165, 1.54) is 25.3 Å². The van der Waals surface area contributed by atoms with Crippen LogP contribution in [0.3, 0.4) is 0 Å². The number of methoxy groups -OCH3 is 1. The molecule has 0 amide bonds. The van der Waals surface area contributed by atoms with E-state index in [4.69, 9.17) is 20.8 Å². The van der Waals surface area contributed by atoms with E-state index in [0.29, 0.717) is 5.56 Å². The van der Waals surface area contributed by atoms with Crippen LogP contribution in [0.2, 0.25) is 5.02 Å². The molecule has 0 radical (unpaired) electrons. The lowest BCUT2D eigenvalue weighted by Gasteiger charge is -2.10. The highest BCUT2D eigenvalue weighted by Crippen LogP contribution is 2.27. The van der Waals surface area contributed by atoms with Crippen molar-refractivity contribution >= 4 is 21.6 Å². The van der Waals surface area contributed by atoms with Crippen LogP contribution < -0.4 is 9.46 Å². The van der Waals surface area contributed by atoms with Crippen molar-refractivity contribution in [3.63, 3.8) is 0 Å². The summed E-state index contributed by atoms with van der Waals surface area (Å²) in [5.74, 6) is 0.546. The summed E-state index contributed by atoms with van der Waals surface area (Å²) < 4.78 is 37.8. The Hall–Kier alpha value is -2.49. The third-order valence-corrected chi connectivity index (χ3v) is 4.86. The number of halogens is 1. The molecule has 3 aromatic rings. The summed E-state index contributed by atoms with van der Waals surface area (Å²) >= 11 is 5.87. The second kappa shape index (κ2) is 7.18. The Bertz CT molecular complexity index is 976. The molecule has 10 heteroatoms. The van der Waals surface area contributed by atoms with Gasteiger partial charge in [0.1, 0.15) is 10.6 Å². The third-order valence-electron chi connectivity index (χ3n) is 3.20. The van der Waals surface area contributed by atoms with Crippen molar-refractivity contribution in [2.24, 2.45) is 0 Å². The number of aromatic nitrogens is 3. The van der Waals surface area contributed by atoms with E-state index in [-0.39, 0.29) is 34.0 Å². The van der Waals surface area contributed by atoms with E-state index in [1.807, 2.05) is 0 Å². The Morgan fingerprint density at radius 2 is 2.12 bits per heavy atom. The van der Waals surface area contributed by atoms with Crippen molar-refractivity contribution in [1.29, 1.82) is 0 Å². The standard InChI is InChI=1S/C15H13ClN4O4S/c1-23-12-5-4-11(16)7-13(12)25(21,22)18-9-14-19-20-15(24-14)10-3-2-6-17-8-10/h2-8,18H,9H2,1H3. The Morgan fingerprint density at radius 1 is 1.28 bits per heavy atom. The summed E-state index contributed by atoms with van der Waals surface area (Å²) in [4.78, 5) is 3.88. The maximum Gasteiger partial charge on any atom is 0.249 e. The number of hydrogen-bond donors (Lipinski definition) is 1. The average molecular weight is 381 g/mol. The number of nitrogens with zero attached hydrogens (tertiary/aromatic N) is 3. The van der Waals surface area contributed by atoms with E-state index < -0.39 is 10.0 Å². The average Bonchev–Trinajstić information content (AvgIpc) is 3.10. The first-order valence-electron chi connectivity index (χ1n) is 7.05. The Morgan fingerprint density at radius 3 is 2.84 bits per heavy atom. The molecule has 1 aromatic carbocycles. The van der Waals surface area contributed by atoms with Crippen LogP contribution >= 0.6 is 11.6 Å². The maximum atomic E-state index is 12.5. The van der Waals surface area contributed by atoms with Gasteiger partial charge in [-0.1, -0.05) is 11.6 Å². The molecule has 0 aliphatic heterocycles. The van der Waals surface area contributed by atoms with Crippen molar-refractivity contribution in [3.8, 4) is 17.2 Å². The van der Waals surface area contributed by atoms with Gasteiger partial charge in [-0.05, 0) is 30.3 Å². The Kier molecular flexibility index (Phi) is 4.98. The van der Waals surface area contributed by atoms with Gasteiger partial charge < -0.3 is 9.15 Å². The molecule has 1 N–H and O–H groups in total. The monoisotopic (exact) mass is 380 g/mol. The number of sulfonamides is 1. The molecule has 0 aliphatic rings. The van der Waals surface area contributed by atoms with Gasteiger partial charge in [0.25, 0.3) is 0 Å². The van der Waals surface area contributed by atoms with Gasteiger partial charge in [0, 0.05) is 17.4 Å². The lowest BCUT2D eigenvalue weighted by atomic mass is 10.3. The molecule has 25 heavy (non-hydrogen) atoms. The number of pyridine rings is 1. The molecule has 8 nitrogen and oxygen atoms in total. The van der Waals surface area contributed by atoms with Crippen LogP contribution in [0.4, 0.5) is 0 Å². The molecule has 2 aromatic heterocycles. The highest BCUT2D eigenvalue weighted by atomic mass is 35.5. The fourth-order valence-electron chi connectivity index (χ4n) is 2.03. The summed E-state index contributed by atoms with van der Waals surface area (Å²) in [6.07, 6.45) is 3.19. The molecule has 0 bridgehead atoms. The zero-order chi connectivity index (χ0) is 17.9. The molecule has 0 fully saturated rings. The molecule has 130 valence electrons. The van der Waals surface area contributed by atoms with Crippen LogP contribution in [-0.2, 0) is 16.6 Å². The van der Waals surface area contributed by atoms with Crippen LogP contribution in [0.1, 0.15) is 5.89 Å². The normalized spacial score (nSPS) is 11.4. The summed E-state index contributed by atoms with van der Waals surface area (Å²) in [6, 6.07) is 7.80. The second-order valence-electron chi connectivity index (χ2n) is 4.86. The zero-order valence-corrected chi connectivity index (χ0v) is 14.6. The van der Waals surface area contributed by atoms with Crippen LogP contribution in [0.15, 0.2) is 52.0 Å². The van der Waals surface area contributed by atoms with E-state index in [2.05, 4.69) is 19.9 Å². The number of benzene rings is 1. The van der Waals surface area contributed by atoms with Crippen molar-refractivity contribution in [3.05, 3.63) is 53.6 Å². The van der Waals surface area contributed by atoms with Crippen molar-refractivity contribution in [1.82, 2.24) is 19.9 Å². The molecule has 0 unspecified atom stereocenters. The Balaban J connectivity index is 1.77. The van der Waals surface area contributed by atoms with E-state index in [0.717, 1.165) is 0 Å². The van der Waals surface area contributed by atoms with Gasteiger partial charge in [-0.3, -0.25) is 4.98 Å². The summed E-state index contributed by atoms with van der Waals surface area (Å²) in [7, 11) is -2.50.